The number of halogens is 1. The summed E-state index contributed by atoms with van der Waals surface area (Å²) in [5.74, 6) is 0.564. The molecule has 76 valence electrons. The van der Waals surface area contributed by atoms with E-state index in [-0.39, 0.29) is 5.82 Å². The summed E-state index contributed by atoms with van der Waals surface area (Å²) in [6, 6.07) is 4.59. The maximum Gasteiger partial charge on any atom is 0.151 e. The number of carbonyl (C=O) groups excluding carboxylic acids is 1. The van der Waals surface area contributed by atoms with Crippen LogP contribution in [0.2, 0.25) is 0 Å². The molecular formula is C11H13FOS. The number of hydrogen-bond donors (Lipinski definition) is 0. The van der Waals surface area contributed by atoms with E-state index in [2.05, 4.69) is 6.92 Å². The van der Waals surface area contributed by atoms with Gasteiger partial charge >= 0.3 is 0 Å². The van der Waals surface area contributed by atoms with Crippen LogP contribution in [-0.2, 0) is 0 Å². The van der Waals surface area contributed by atoms with Crippen LogP contribution in [0.3, 0.4) is 0 Å². The van der Waals surface area contributed by atoms with Crippen LogP contribution in [0.1, 0.15) is 30.1 Å². The normalized spacial score (nSPS) is 10.1. The van der Waals surface area contributed by atoms with E-state index in [0.717, 1.165) is 18.6 Å². The lowest BCUT2D eigenvalue weighted by Gasteiger charge is -2.04. The van der Waals surface area contributed by atoms with Gasteiger partial charge in [0.15, 0.2) is 6.29 Å². The van der Waals surface area contributed by atoms with Crippen LogP contribution in [0.5, 0.6) is 0 Å². The Labute approximate surface area is 87.7 Å². The maximum absolute atomic E-state index is 13.3. The van der Waals surface area contributed by atoms with Gasteiger partial charge in [-0.1, -0.05) is 25.5 Å². The first-order valence-electron chi connectivity index (χ1n) is 4.66. The van der Waals surface area contributed by atoms with Gasteiger partial charge in [-0.05, 0) is 18.2 Å². The van der Waals surface area contributed by atoms with Gasteiger partial charge in [-0.15, -0.1) is 11.8 Å². The molecule has 0 aliphatic rings. The number of carbonyl (C=O) groups is 1. The summed E-state index contributed by atoms with van der Waals surface area (Å²) in [5.41, 5.74) is 0.450. The number of thioether (sulfide) groups is 1. The van der Waals surface area contributed by atoms with E-state index >= 15 is 0 Å². The fourth-order valence-corrected chi connectivity index (χ4v) is 2.22. The summed E-state index contributed by atoms with van der Waals surface area (Å²) in [6.45, 7) is 2.09. The van der Waals surface area contributed by atoms with E-state index in [4.69, 9.17) is 0 Å². The smallest absolute Gasteiger partial charge is 0.151 e. The quantitative estimate of drug-likeness (QED) is 0.422. The molecule has 1 aromatic carbocycles. The molecular weight excluding hydrogens is 199 g/mol. The highest BCUT2D eigenvalue weighted by molar-refractivity contribution is 7.99. The van der Waals surface area contributed by atoms with E-state index < -0.39 is 0 Å². The van der Waals surface area contributed by atoms with E-state index in [1.807, 2.05) is 0 Å². The molecule has 1 rings (SSSR count). The highest BCUT2D eigenvalue weighted by atomic mass is 32.2. The fraction of sp³-hybridized carbons (Fsp3) is 0.364. The lowest BCUT2D eigenvalue weighted by atomic mass is 10.2. The van der Waals surface area contributed by atoms with Crippen LogP contribution in [0.4, 0.5) is 4.39 Å². The zero-order valence-electron chi connectivity index (χ0n) is 8.13. The molecule has 0 saturated heterocycles. The summed E-state index contributed by atoms with van der Waals surface area (Å²) in [6.07, 6.45) is 2.83. The van der Waals surface area contributed by atoms with E-state index in [1.165, 1.54) is 17.8 Å². The highest BCUT2D eigenvalue weighted by Crippen LogP contribution is 2.25. The molecule has 0 N–H and O–H groups in total. The third-order valence-electron chi connectivity index (χ3n) is 1.87. The molecule has 0 aliphatic carbocycles. The largest absolute Gasteiger partial charge is 0.298 e. The second-order valence-electron chi connectivity index (χ2n) is 2.98. The van der Waals surface area contributed by atoms with Crippen molar-refractivity contribution in [3.63, 3.8) is 0 Å². The van der Waals surface area contributed by atoms with Gasteiger partial charge in [0.1, 0.15) is 5.82 Å². The van der Waals surface area contributed by atoms with Crippen molar-refractivity contribution in [2.24, 2.45) is 0 Å². The number of aldehydes is 1. The minimum absolute atomic E-state index is 0.296. The zero-order valence-corrected chi connectivity index (χ0v) is 8.94. The maximum atomic E-state index is 13.3. The lowest BCUT2D eigenvalue weighted by Crippen LogP contribution is -1.90. The van der Waals surface area contributed by atoms with Crippen LogP contribution >= 0.6 is 11.8 Å². The minimum Gasteiger partial charge on any atom is -0.298 e. The van der Waals surface area contributed by atoms with Gasteiger partial charge in [0, 0.05) is 5.56 Å². The number of hydrogen-bond acceptors (Lipinski definition) is 2. The van der Waals surface area contributed by atoms with E-state index in [0.29, 0.717) is 16.7 Å². The molecule has 0 unspecified atom stereocenters. The highest BCUT2D eigenvalue weighted by Gasteiger charge is 2.07. The van der Waals surface area contributed by atoms with Crippen LogP contribution in [0.15, 0.2) is 23.1 Å². The molecule has 0 spiro atoms. The molecule has 0 saturated carbocycles. The Hall–Kier alpha value is -0.830. The first-order valence-corrected chi connectivity index (χ1v) is 5.64. The van der Waals surface area contributed by atoms with Crippen LogP contribution in [0.25, 0.3) is 0 Å². The first kappa shape index (κ1) is 11.2. The third-order valence-corrected chi connectivity index (χ3v) is 3.08. The molecule has 3 heteroatoms. The van der Waals surface area contributed by atoms with Gasteiger partial charge in [0.05, 0.1) is 4.90 Å². The van der Waals surface area contributed by atoms with Gasteiger partial charge in [-0.2, -0.15) is 0 Å². The average Bonchev–Trinajstić information content (AvgIpc) is 2.20. The molecule has 0 aromatic heterocycles. The van der Waals surface area contributed by atoms with Crippen molar-refractivity contribution in [3.05, 3.63) is 29.6 Å². The molecule has 0 heterocycles. The average molecular weight is 212 g/mol. The molecule has 1 nitrogen and oxygen atoms in total. The SMILES string of the molecule is CCCCSc1c(F)cccc1C=O. The van der Waals surface area contributed by atoms with Crippen LogP contribution < -0.4 is 0 Å². The Bertz CT molecular complexity index is 312. The number of unbranched alkanes of at least 4 members (excludes halogenated alkanes) is 1. The van der Waals surface area contributed by atoms with Crippen molar-refractivity contribution in [1.29, 1.82) is 0 Å². The van der Waals surface area contributed by atoms with Crippen molar-refractivity contribution in [2.75, 3.05) is 5.75 Å². The second-order valence-corrected chi connectivity index (χ2v) is 4.08. The predicted molar refractivity (Wildman–Crippen MR) is 57.4 cm³/mol. The molecule has 0 aliphatic heterocycles. The van der Waals surface area contributed by atoms with Gasteiger partial charge in [-0.25, -0.2) is 4.39 Å². The fourth-order valence-electron chi connectivity index (χ4n) is 1.09. The first-order chi connectivity index (χ1) is 6.79. The van der Waals surface area contributed by atoms with Gasteiger partial charge in [-0.3, -0.25) is 4.79 Å². The third kappa shape index (κ3) is 2.84. The monoisotopic (exact) mass is 212 g/mol. The summed E-state index contributed by atoms with van der Waals surface area (Å²) < 4.78 is 13.3. The van der Waals surface area contributed by atoms with Crippen molar-refractivity contribution in [2.45, 2.75) is 24.7 Å². The summed E-state index contributed by atoms with van der Waals surface area (Å²) in [5, 5.41) is 0. The summed E-state index contributed by atoms with van der Waals surface area (Å²) in [4.78, 5) is 11.1. The number of benzene rings is 1. The lowest BCUT2D eigenvalue weighted by molar-refractivity contribution is 0.112. The minimum atomic E-state index is -0.296. The van der Waals surface area contributed by atoms with E-state index in [9.17, 15) is 9.18 Å². The predicted octanol–water partition coefficient (Wildman–Crippen LogP) is 3.53. The molecule has 14 heavy (non-hydrogen) atoms. The van der Waals surface area contributed by atoms with Crippen molar-refractivity contribution in [3.8, 4) is 0 Å². The van der Waals surface area contributed by atoms with Crippen molar-refractivity contribution < 1.29 is 9.18 Å². The van der Waals surface area contributed by atoms with E-state index in [1.54, 1.807) is 12.1 Å². The van der Waals surface area contributed by atoms with Crippen LogP contribution in [-0.4, -0.2) is 12.0 Å². The molecule has 0 amide bonds. The molecule has 1 aromatic rings. The standard InChI is InChI=1S/C11H13FOS/c1-2-3-7-14-11-9(8-13)5-4-6-10(11)12/h4-6,8H,2-3,7H2,1H3. The zero-order chi connectivity index (χ0) is 10.4. The number of rotatable bonds is 5. The van der Waals surface area contributed by atoms with Gasteiger partial charge < -0.3 is 0 Å². The van der Waals surface area contributed by atoms with Gasteiger partial charge in [0.2, 0.25) is 0 Å². The molecule has 0 atom stereocenters. The topological polar surface area (TPSA) is 17.1 Å². The Balaban J connectivity index is 2.77. The van der Waals surface area contributed by atoms with Crippen molar-refractivity contribution in [1.82, 2.24) is 0 Å². The summed E-state index contributed by atoms with van der Waals surface area (Å²) >= 11 is 1.42. The van der Waals surface area contributed by atoms with Crippen molar-refractivity contribution >= 4 is 18.0 Å². The molecule has 0 radical (unpaired) electrons. The molecule has 0 fully saturated rings. The Morgan fingerprint density at radius 3 is 2.93 bits per heavy atom. The summed E-state index contributed by atoms with van der Waals surface area (Å²) in [7, 11) is 0. The van der Waals surface area contributed by atoms with Crippen LogP contribution in [0, 0.1) is 5.82 Å². The molecule has 0 bridgehead atoms. The van der Waals surface area contributed by atoms with Gasteiger partial charge in [0.25, 0.3) is 0 Å². The second kappa shape index (κ2) is 5.81. The Kier molecular flexibility index (Phi) is 4.66. The Morgan fingerprint density at radius 1 is 1.50 bits per heavy atom. The Morgan fingerprint density at radius 2 is 2.29 bits per heavy atom.